The van der Waals surface area contributed by atoms with E-state index in [1.54, 1.807) is 19.2 Å². The van der Waals surface area contributed by atoms with Gasteiger partial charge >= 0.3 is 0 Å². The summed E-state index contributed by atoms with van der Waals surface area (Å²) in [6.07, 6.45) is 0. The molecule has 0 atom stereocenters. The minimum absolute atomic E-state index is 0.152. The molecule has 0 saturated heterocycles. The van der Waals surface area contributed by atoms with Crippen LogP contribution in [-0.4, -0.2) is 18.0 Å². The molecule has 4 nitrogen and oxygen atoms in total. The summed E-state index contributed by atoms with van der Waals surface area (Å²) in [5, 5.41) is 3.42. The summed E-state index contributed by atoms with van der Waals surface area (Å²) in [5.74, 6) is 0.628. The average Bonchev–Trinajstić information content (AvgIpc) is 3.06. The van der Waals surface area contributed by atoms with Crippen molar-refractivity contribution < 1.29 is 9.53 Å². The zero-order valence-corrected chi connectivity index (χ0v) is 15.9. The van der Waals surface area contributed by atoms with Crippen LogP contribution in [0.25, 0.3) is 10.2 Å². The van der Waals surface area contributed by atoms with Crippen molar-refractivity contribution in [1.82, 2.24) is 4.98 Å². The van der Waals surface area contributed by atoms with Gasteiger partial charge in [-0.05, 0) is 37.3 Å². The maximum atomic E-state index is 12.2. The number of aromatic nitrogens is 1. The van der Waals surface area contributed by atoms with Crippen LogP contribution < -0.4 is 10.1 Å². The van der Waals surface area contributed by atoms with Crippen LogP contribution in [0.3, 0.4) is 0 Å². The molecule has 25 heavy (non-hydrogen) atoms. The Morgan fingerprint density at radius 1 is 1.12 bits per heavy atom. The summed E-state index contributed by atoms with van der Waals surface area (Å²) in [4.78, 5) is 16.6. The molecule has 0 saturated carbocycles. The van der Waals surface area contributed by atoms with E-state index in [0.29, 0.717) is 10.7 Å². The van der Waals surface area contributed by atoms with Crippen LogP contribution in [-0.2, 0) is 0 Å². The number of carbonyl (C=O) groups is 1. The van der Waals surface area contributed by atoms with Gasteiger partial charge < -0.3 is 4.74 Å². The molecule has 0 aliphatic carbocycles. The minimum Gasteiger partial charge on any atom is -0.497 e. The summed E-state index contributed by atoms with van der Waals surface area (Å²) < 4.78 is 6.16. The van der Waals surface area contributed by atoms with Crippen LogP contribution in [0.2, 0.25) is 0 Å². The van der Waals surface area contributed by atoms with Crippen LogP contribution in [0, 0.1) is 6.92 Å². The lowest BCUT2D eigenvalue weighted by molar-refractivity contribution is 0.102. The van der Waals surface area contributed by atoms with Crippen LogP contribution in [0.15, 0.2) is 55.6 Å². The number of nitrogens with zero attached hydrogens (tertiary/aromatic N) is 1. The number of ether oxygens (including phenoxy) is 1. The van der Waals surface area contributed by atoms with E-state index in [1.807, 2.05) is 51.1 Å². The second-order valence-corrected chi connectivity index (χ2v) is 5.70. The summed E-state index contributed by atoms with van der Waals surface area (Å²) in [5.41, 5.74) is 2.59. The predicted octanol–water partition coefficient (Wildman–Crippen LogP) is 5.69. The van der Waals surface area contributed by atoms with Gasteiger partial charge in [0, 0.05) is 5.56 Å². The number of hydrogen-bond donors (Lipinski definition) is 1. The molecular weight excluding hydrogens is 332 g/mol. The fourth-order valence-corrected chi connectivity index (χ4v) is 2.85. The quantitative estimate of drug-likeness (QED) is 0.613. The Morgan fingerprint density at radius 2 is 1.76 bits per heavy atom. The molecule has 0 spiro atoms. The normalized spacial score (nSPS) is 9.28. The van der Waals surface area contributed by atoms with Crippen molar-refractivity contribution in [3.63, 3.8) is 0 Å². The number of methoxy groups -OCH3 is 1. The molecule has 0 aliphatic rings. The molecular formula is C20H24N2O2S. The van der Waals surface area contributed by atoms with Crippen LogP contribution in [0.1, 0.15) is 29.8 Å². The highest BCUT2D eigenvalue weighted by Crippen LogP contribution is 2.29. The van der Waals surface area contributed by atoms with Gasteiger partial charge in [-0.2, -0.15) is 0 Å². The predicted molar refractivity (Wildman–Crippen MR) is 108 cm³/mol. The van der Waals surface area contributed by atoms with E-state index in [0.717, 1.165) is 21.5 Å². The summed E-state index contributed by atoms with van der Waals surface area (Å²) >= 11 is 1.43. The zero-order valence-electron chi connectivity index (χ0n) is 15.1. The van der Waals surface area contributed by atoms with Crippen molar-refractivity contribution in [2.24, 2.45) is 0 Å². The monoisotopic (exact) mass is 356 g/mol. The van der Waals surface area contributed by atoms with Gasteiger partial charge in [-0.25, -0.2) is 4.98 Å². The number of aryl methyl sites for hydroxylation is 1. The van der Waals surface area contributed by atoms with Crippen LogP contribution in [0.5, 0.6) is 5.75 Å². The second kappa shape index (κ2) is 10.3. The highest BCUT2D eigenvalue weighted by molar-refractivity contribution is 7.22. The number of rotatable bonds is 3. The Kier molecular flexibility index (Phi) is 8.36. The molecule has 0 unspecified atom stereocenters. The third kappa shape index (κ3) is 5.43. The Morgan fingerprint density at radius 3 is 2.36 bits per heavy atom. The van der Waals surface area contributed by atoms with E-state index in [1.165, 1.54) is 11.3 Å². The fourth-order valence-electron chi connectivity index (χ4n) is 1.96. The Balaban J connectivity index is 0.000000730. The molecule has 0 bridgehead atoms. The summed E-state index contributed by atoms with van der Waals surface area (Å²) in [6, 6.07) is 13.1. The number of fused-ring (bicyclic) bond motifs is 1. The lowest BCUT2D eigenvalue weighted by Gasteiger charge is -2.01. The first kappa shape index (κ1) is 20.4. The van der Waals surface area contributed by atoms with E-state index in [4.69, 9.17) is 4.74 Å². The molecule has 1 heterocycles. The maximum Gasteiger partial charge on any atom is 0.257 e. The molecule has 3 rings (SSSR count). The molecule has 0 aliphatic heterocycles. The van der Waals surface area contributed by atoms with Crippen LogP contribution in [0.4, 0.5) is 5.13 Å². The molecule has 1 amide bonds. The van der Waals surface area contributed by atoms with Gasteiger partial charge in [0.2, 0.25) is 0 Å². The third-order valence-corrected chi connectivity index (χ3v) is 4.06. The standard InChI is InChI=1S/C16H14N2O2S.C2H6.C2H4/c1-10-3-5-11(6-4-10)15(19)18-16-17-13-8-7-12(20-2)9-14(13)21-16;2*1-2/h3-9H,1-2H3,(H,17,18,19);1-2H3;1-2H2. The van der Waals surface area contributed by atoms with Crippen molar-refractivity contribution in [1.29, 1.82) is 0 Å². The maximum absolute atomic E-state index is 12.2. The lowest BCUT2D eigenvalue weighted by Crippen LogP contribution is -2.11. The first-order valence-electron chi connectivity index (χ1n) is 7.98. The topological polar surface area (TPSA) is 51.2 Å². The Labute approximate surface area is 153 Å². The minimum atomic E-state index is -0.152. The lowest BCUT2D eigenvalue weighted by atomic mass is 10.1. The number of carbonyl (C=O) groups excluding carboxylic acids is 1. The Bertz CT molecular complexity index is 810. The number of nitrogens with one attached hydrogen (secondary N) is 1. The van der Waals surface area contributed by atoms with Gasteiger partial charge in [0.05, 0.1) is 17.3 Å². The van der Waals surface area contributed by atoms with E-state index >= 15 is 0 Å². The molecule has 132 valence electrons. The number of anilines is 1. The largest absolute Gasteiger partial charge is 0.497 e. The van der Waals surface area contributed by atoms with Crippen LogP contribution >= 0.6 is 11.3 Å². The molecule has 1 aromatic heterocycles. The van der Waals surface area contributed by atoms with Gasteiger partial charge in [-0.15, -0.1) is 13.2 Å². The van der Waals surface area contributed by atoms with E-state index in [2.05, 4.69) is 23.5 Å². The molecule has 0 fully saturated rings. The summed E-state index contributed by atoms with van der Waals surface area (Å²) in [7, 11) is 1.63. The Hall–Kier alpha value is -2.66. The van der Waals surface area contributed by atoms with Gasteiger partial charge in [0.15, 0.2) is 5.13 Å². The summed E-state index contributed by atoms with van der Waals surface area (Å²) in [6.45, 7) is 12.0. The van der Waals surface area contributed by atoms with Gasteiger partial charge in [0.25, 0.3) is 5.91 Å². The van der Waals surface area contributed by atoms with E-state index in [9.17, 15) is 4.79 Å². The highest BCUT2D eigenvalue weighted by Gasteiger charge is 2.10. The third-order valence-electron chi connectivity index (χ3n) is 3.13. The molecule has 2 aromatic carbocycles. The van der Waals surface area contributed by atoms with Crippen molar-refractivity contribution in [2.45, 2.75) is 20.8 Å². The number of amides is 1. The first-order valence-corrected chi connectivity index (χ1v) is 8.80. The van der Waals surface area contributed by atoms with Crippen molar-refractivity contribution in [2.75, 3.05) is 12.4 Å². The van der Waals surface area contributed by atoms with Gasteiger partial charge in [-0.3, -0.25) is 10.1 Å². The molecule has 0 radical (unpaired) electrons. The van der Waals surface area contributed by atoms with Gasteiger partial charge in [-0.1, -0.05) is 42.9 Å². The van der Waals surface area contributed by atoms with E-state index < -0.39 is 0 Å². The van der Waals surface area contributed by atoms with E-state index in [-0.39, 0.29) is 5.91 Å². The van der Waals surface area contributed by atoms with Crippen molar-refractivity contribution in [3.05, 3.63) is 66.7 Å². The number of thiazole rings is 1. The van der Waals surface area contributed by atoms with Crippen molar-refractivity contribution >= 4 is 32.6 Å². The number of benzene rings is 2. The molecule has 1 N–H and O–H groups in total. The fraction of sp³-hybridized carbons (Fsp3) is 0.200. The zero-order chi connectivity index (χ0) is 18.8. The molecule has 5 heteroatoms. The average molecular weight is 356 g/mol. The highest BCUT2D eigenvalue weighted by atomic mass is 32.1. The second-order valence-electron chi connectivity index (χ2n) is 4.67. The SMILES string of the molecule is C=C.CC.COc1ccc2nc(NC(=O)c3ccc(C)cc3)sc2c1. The first-order chi connectivity index (χ1) is 12.2. The number of hydrogen-bond acceptors (Lipinski definition) is 4. The molecule has 3 aromatic rings. The van der Waals surface area contributed by atoms with Crippen molar-refractivity contribution in [3.8, 4) is 5.75 Å². The smallest absolute Gasteiger partial charge is 0.257 e. The van der Waals surface area contributed by atoms with Gasteiger partial charge in [0.1, 0.15) is 5.75 Å².